The quantitative estimate of drug-likeness (QED) is 0.838. The van der Waals surface area contributed by atoms with Crippen molar-refractivity contribution in [1.82, 2.24) is 5.32 Å². The van der Waals surface area contributed by atoms with Gasteiger partial charge in [-0.25, -0.2) is 0 Å². The highest BCUT2D eigenvalue weighted by atomic mass is 16.2. The third-order valence-corrected chi connectivity index (χ3v) is 3.29. The van der Waals surface area contributed by atoms with Crippen molar-refractivity contribution in [2.45, 2.75) is 45.6 Å². The molecule has 0 radical (unpaired) electrons. The molecular formula is C16H22N2O2. The van der Waals surface area contributed by atoms with E-state index >= 15 is 0 Å². The predicted molar refractivity (Wildman–Crippen MR) is 79.6 cm³/mol. The summed E-state index contributed by atoms with van der Waals surface area (Å²) >= 11 is 0. The van der Waals surface area contributed by atoms with Crippen LogP contribution in [0.4, 0.5) is 5.69 Å². The van der Waals surface area contributed by atoms with E-state index in [2.05, 4.69) is 24.5 Å². The van der Waals surface area contributed by atoms with Crippen LogP contribution in [0.15, 0.2) is 24.3 Å². The Hall–Kier alpha value is -1.84. The maximum Gasteiger partial charge on any atom is 0.251 e. The number of hydrogen-bond donors (Lipinski definition) is 2. The molecule has 1 aliphatic carbocycles. The van der Waals surface area contributed by atoms with Crippen LogP contribution in [0.5, 0.6) is 0 Å². The van der Waals surface area contributed by atoms with Gasteiger partial charge in [0, 0.05) is 23.7 Å². The first-order valence-corrected chi connectivity index (χ1v) is 7.25. The Kier molecular flexibility index (Phi) is 4.77. The monoisotopic (exact) mass is 274 g/mol. The molecule has 0 heterocycles. The first-order valence-electron chi connectivity index (χ1n) is 7.25. The van der Waals surface area contributed by atoms with Crippen molar-refractivity contribution < 1.29 is 9.59 Å². The van der Waals surface area contributed by atoms with Crippen LogP contribution >= 0.6 is 0 Å². The smallest absolute Gasteiger partial charge is 0.251 e. The topological polar surface area (TPSA) is 58.2 Å². The van der Waals surface area contributed by atoms with Gasteiger partial charge in [0.25, 0.3) is 5.91 Å². The minimum atomic E-state index is -0.0369. The molecule has 2 amide bonds. The molecule has 0 atom stereocenters. The molecule has 1 saturated carbocycles. The Morgan fingerprint density at radius 1 is 1.20 bits per heavy atom. The highest BCUT2D eigenvalue weighted by Crippen LogP contribution is 2.19. The fourth-order valence-electron chi connectivity index (χ4n) is 1.84. The predicted octanol–water partition coefficient (Wildman–Crippen LogP) is 2.95. The lowest BCUT2D eigenvalue weighted by molar-refractivity contribution is -0.116. The summed E-state index contributed by atoms with van der Waals surface area (Å²) < 4.78 is 0. The molecule has 0 aliphatic heterocycles. The molecular weight excluding hydrogens is 252 g/mol. The number of carbonyl (C=O) groups excluding carboxylic acids is 2. The van der Waals surface area contributed by atoms with E-state index in [1.807, 2.05) is 0 Å². The van der Waals surface area contributed by atoms with Crippen LogP contribution in [-0.2, 0) is 4.79 Å². The van der Waals surface area contributed by atoms with E-state index in [1.165, 1.54) is 0 Å². The molecule has 0 bridgehead atoms. The van der Waals surface area contributed by atoms with Crippen molar-refractivity contribution in [2.75, 3.05) is 5.32 Å². The lowest BCUT2D eigenvalue weighted by Crippen LogP contribution is -2.25. The minimum absolute atomic E-state index is 0.0221. The third-order valence-electron chi connectivity index (χ3n) is 3.29. The van der Waals surface area contributed by atoms with Crippen LogP contribution in [0.1, 0.15) is 49.9 Å². The Balaban J connectivity index is 1.84. The molecule has 0 spiro atoms. The summed E-state index contributed by atoms with van der Waals surface area (Å²) in [5.74, 6) is 0.508. The summed E-state index contributed by atoms with van der Waals surface area (Å²) in [5, 5.41) is 5.78. The molecule has 20 heavy (non-hydrogen) atoms. The van der Waals surface area contributed by atoms with Crippen molar-refractivity contribution in [3.63, 3.8) is 0 Å². The highest BCUT2D eigenvalue weighted by molar-refractivity contribution is 5.96. The lowest BCUT2D eigenvalue weighted by Gasteiger charge is -2.08. The summed E-state index contributed by atoms with van der Waals surface area (Å²) in [7, 11) is 0. The highest BCUT2D eigenvalue weighted by Gasteiger charge is 2.23. The van der Waals surface area contributed by atoms with E-state index in [4.69, 9.17) is 0 Å². The number of rotatable bonds is 6. The minimum Gasteiger partial charge on any atom is -0.349 e. The summed E-state index contributed by atoms with van der Waals surface area (Å²) in [6.07, 6.45) is 3.57. The van der Waals surface area contributed by atoms with E-state index in [-0.39, 0.29) is 11.8 Å². The van der Waals surface area contributed by atoms with E-state index in [9.17, 15) is 9.59 Å². The van der Waals surface area contributed by atoms with Crippen LogP contribution in [0.25, 0.3) is 0 Å². The van der Waals surface area contributed by atoms with Gasteiger partial charge in [0.2, 0.25) is 5.91 Å². The third kappa shape index (κ3) is 4.68. The Labute approximate surface area is 119 Å². The van der Waals surface area contributed by atoms with Gasteiger partial charge < -0.3 is 10.6 Å². The molecule has 2 N–H and O–H groups in total. The average Bonchev–Trinajstić information content (AvgIpc) is 3.21. The lowest BCUT2D eigenvalue weighted by atomic mass is 10.1. The molecule has 2 rings (SSSR count). The normalized spacial score (nSPS) is 14.2. The first-order chi connectivity index (χ1) is 9.54. The number of carbonyl (C=O) groups is 2. The molecule has 1 aromatic rings. The van der Waals surface area contributed by atoms with Gasteiger partial charge in [-0.15, -0.1) is 0 Å². The van der Waals surface area contributed by atoms with Gasteiger partial charge >= 0.3 is 0 Å². The molecule has 4 nitrogen and oxygen atoms in total. The van der Waals surface area contributed by atoms with Gasteiger partial charge in [-0.1, -0.05) is 13.8 Å². The number of amides is 2. The molecule has 1 aromatic carbocycles. The van der Waals surface area contributed by atoms with Gasteiger partial charge in [-0.2, -0.15) is 0 Å². The van der Waals surface area contributed by atoms with Gasteiger partial charge in [-0.3, -0.25) is 9.59 Å². The summed E-state index contributed by atoms with van der Waals surface area (Å²) in [4.78, 5) is 23.5. The van der Waals surface area contributed by atoms with Gasteiger partial charge in [0.1, 0.15) is 0 Å². The SMILES string of the molecule is CC(C)CCC(=O)Nc1ccc(C(=O)NC2CC2)cc1. The van der Waals surface area contributed by atoms with Crippen LogP contribution < -0.4 is 10.6 Å². The zero-order valence-corrected chi connectivity index (χ0v) is 12.1. The van der Waals surface area contributed by atoms with Gasteiger partial charge in [0.05, 0.1) is 0 Å². The van der Waals surface area contributed by atoms with Crippen LogP contribution in [-0.4, -0.2) is 17.9 Å². The van der Waals surface area contributed by atoms with E-state index in [0.29, 0.717) is 23.9 Å². The Bertz CT molecular complexity index is 476. The zero-order valence-electron chi connectivity index (χ0n) is 12.1. The second kappa shape index (κ2) is 6.55. The van der Waals surface area contributed by atoms with Crippen LogP contribution in [0.2, 0.25) is 0 Å². The fourth-order valence-corrected chi connectivity index (χ4v) is 1.84. The molecule has 108 valence electrons. The molecule has 0 aromatic heterocycles. The molecule has 4 heteroatoms. The Morgan fingerprint density at radius 2 is 1.85 bits per heavy atom. The summed E-state index contributed by atoms with van der Waals surface area (Å²) in [6.45, 7) is 4.20. The second-order valence-corrected chi connectivity index (χ2v) is 5.81. The Morgan fingerprint density at radius 3 is 2.40 bits per heavy atom. The zero-order chi connectivity index (χ0) is 14.5. The molecule has 1 aliphatic rings. The number of hydrogen-bond acceptors (Lipinski definition) is 2. The second-order valence-electron chi connectivity index (χ2n) is 5.81. The van der Waals surface area contributed by atoms with E-state index in [0.717, 1.165) is 24.9 Å². The van der Waals surface area contributed by atoms with Crippen molar-refractivity contribution in [3.8, 4) is 0 Å². The van der Waals surface area contributed by atoms with Crippen LogP contribution in [0.3, 0.4) is 0 Å². The molecule has 0 saturated heterocycles. The van der Waals surface area contributed by atoms with Gasteiger partial charge in [-0.05, 0) is 49.4 Å². The fraction of sp³-hybridized carbons (Fsp3) is 0.500. The van der Waals surface area contributed by atoms with Crippen molar-refractivity contribution in [3.05, 3.63) is 29.8 Å². The maximum atomic E-state index is 11.8. The van der Waals surface area contributed by atoms with Crippen molar-refractivity contribution in [2.24, 2.45) is 5.92 Å². The van der Waals surface area contributed by atoms with Crippen molar-refractivity contribution >= 4 is 17.5 Å². The number of benzene rings is 1. The van der Waals surface area contributed by atoms with Crippen molar-refractivity contribution in [1.29, 1.82) is 0 Å². The average molecular weight is 274 g/mol. The first kappa shape index (κ1) is 14.6. The number of anilines is 1. The van der Waals surface area contributed by atoms with Crippen LogP contribution in [0, 0.1) is 5.92 Å². The summed E-state index contributed by atoms with van der Waals surface area (Å²) in [5.41, 5.74) is 1.37. The van der Waals surface area contributed by atoms with E-state index in [1.54, 1.807) is 24.3 Å². The number of nitrogens with one attached hydrogen (secondary N) is 2. The molecule has 1 fully saturated rings. The van der Waals surface area contributed by atoms with Gasteiger partial charge in [0.15, 0.2) is 0 Å². The van der Waals surface area contributed by atoms with E-state index < -0.39 is 0 Å². The standard InChI is InChI=1S/C16H22N2O2/c1-11(2)3-10-15(19)17-13-6-4-12(5-7-13)16(20)18-14-8-9-14/h4-7,11,14H,3,8-10H2,1-2H3,(H,17,19)(H,18,20). The maximum absolute atomic E-state index is 11.8. The summed E-state index contributed by atoms with van der Waals surface area (Å²) in [6, 6.07) is 7.40. The molecule has 0 unspecified atom stereocenters. The largest absolute Gasteiger partial charge is 0.349 e.